The van der Waals surface area contributed by atoms with Crippen LogP contribution in [-0.4, -0.2) is 6.16 Å². The van der Waals surface area contributed by atoms with Crippen LogP contribution in [0.1, 0.15) is 25.8 Å². The summed E-state index contributed by atoms with van der Waals surface area (Å²) < 4.78 is 0. The normalized spacial score (nSPS) is 11.2. The third kappa shape index (κ3) is 2.60. The van der Waals surface area contributed by atoms with Gasteiger partial charge in [-0.2, -0.15) is 0 Å². The lowest BCUT2D eigenvalue weighted by Crippen LogP contribution is -2.02. The van der Waals surface area contributed by atoms with E-state index in [2.05, 4.69) is 38.1 Å². The molecule has 0 aliphatic carbocycles. The Morgan fingerprint density at radius 2 is 1.92 bits per heavy atom. The highest BCUT2D eigenvalue weighted by Crippen LogP contribution is 2.14. The summed E-state index contributed by atoms with van der Waals surface area (Å²) in [7, 11) is 1.01. The first-order valence-electron chi connectivity index (χ1n) is 4.70. The smallest absolute Gasteiger partial charge is 0.0240 e. The largest absolute Gasteiger partial charge is 0.0901 e. The van der Waals surface area contributed by atoms with E-state index in [-0.39, 0.29) is 0 Å². The summed E-state index contributed by atoms with van der Waals surface area (Å²) in [5, 5.41) is 1.57. The highest BCUT2D eigenvalue weighted by atomic mass is 31.1. The Bertz CT molecular complexity index is 230. The Hall–Kier alpha value is -0.350. The maximum absolute atomic E-state index is 2.27. The summed E-state index contributed by atoms with van der Waals surface area (Å²) in [5.74, 6) is 0. The van der Waals surface area contributed by atoms with Crippen molar-refractivity contribution >= 4 is 13.9 Å². The molecule has 0 fully saturated rings. The lowest BCUT2D eigenvalue weighted by molar-refractivity contribution is 1.10. The predicted molar refractivity (Wildman–Crippen MR) is 58.9 cm³/mol. The monoisotopic (exact) mass is 180 g/mol. The Morgan fingerprint density at radius 1 is 1.17 bits per heavy atom. The van der Waals surface area contributed by atoms with Gasteiger partial charge < -0.3 is 0 Å². The number of benzene rings is 1. The van der Waals surface area contributed by atoms with Crippen molar-refractivity contribution in [1.29, 1.82) is 0 Å². The van der Waals surface area contributed by atoms with Crippen LogP contribution in [0.15, 0.2) is 24.3 Å². The maximum atomic E-state index is 2.27. The molecule has 0 aromatic heterocycles. The van der Waals surface area contributed by atoms with Crippen molar-refractivity contribution < 1.29 is 0 Å². The second-order valence-electron chi connectivity index (χ2n) is 2.94. The van der Waals surface area contributed by atoms with Gasteiger partial charge >= 0.3 is 0 Å². The van der Waals surface area contributed by atoms with Gasteiger partial charge in [0.15, 0.2) is 0 Å². The van der Waals surface area contributed by atoms with Crippen molar-refractivity contribution in [2.45, 2.75) is 26.7 Å². The van der Waals surface area contributed by atoms with Crippen LogP contribution < -0.4 is 5.30 Å². The number of hydrogen-bond donors (Lipinski definition) is 0. The van der Waals surface area contributed by atoms with Gasteiger partial charge in [0.25, 0.3) is 0 Å². The van der Waals surface area contributed by atoms with E-state index in [1.807, 2.05) is 0 Å². The zero-order valence-electron chi connectivity index (χ0n) is 7.93. The number of hydrogen-bond acceptors (Lipinski definition) is 0. The van der Waals surface area contributed by atoms with Gasteiger partial charge in [0.05, 0.1) is 0 Å². The first-order valence-corrected chi connectivity index (χ1v) is 5.91. The average Bonchev–Trinajstić information content (AvgIpc) is 2.15. The molecule has 0 N–H and O–H groups in total. The minimum absolute atomic E-state index is 1.01. The molecule has 1 aromatic carbocycles. The second-order valence-corrected chi connectivity index (χ2v) is 4.33. The summed E-state index contributed by atoms with van der Waals surface area (Å²) in [6, 6.07) is 8.81. The molecule has 1 unspecified atom stereocenters. The zero-order valence-corrected chi connectivity index (χ0v) is 8.93. The summed E-state index contributed by atoms with van der Waals surface area (Å²) in [6.07, 6.45) is 3.82. The van der Waals surface area contributed by atoms with Gasteiger partial charge in [-0.1, -0.05) is 53.1 Å². The molecule has 0 aliphatic rings. The lowest BCUT2D eigenvalue weighted by atomic mass is 10.2. The van der Waals surface area contributed by atoms with Crippen molar-refractivity contribution in [1.82, 2.24) is 0 Å². The molecule has 1 atom stereocenters. The number of rotatable bonds is 4. The van der Waals surface area contributed by atoms with E-state index in [0.29, 0.717) is 0 Å². The fourth-order valence-electron chi connectivity index (χ4n) is 1.26. The summed E-state index contributed by atoms with van der Waals surface area (Å²) in [6.45, 7) is 4.48. The van der Waals surface area contributed by atoms with E-state index in [1.54, 1.807) is 5.30 Å². The van der Waals surface area contributed by atoms with Crippen LogP contribution >= 0.6 is 8.58 Å². The van der Waals surface area contributed by atoms with Gasteiger partial charge in [0, 0.05) is 0 Å². The van der Waals surface area contributed by atoms with Crippen LogP contribution in [0.2, 0.25) is 0 Å². The molecule has 0 bridgehead atoms. The Labute approximate surface area is 77.2 Å². The quantitative estimate of drug-likeness (QED) is 0.625. The summed E-state index contributed by atoms with van der Waals surface area (Å²) in [4.78, 5) is 0. The van der Waals surface area contributed by atoms with Crippen LogP contribution in [-0.2, 0) is 6.42 Å². The molecule has 1 heteroatoms. The lowest BCUT2D eigenvalue weighted by Gasteiger charge is -2.05. The standard InChI is InChI=1S/C11H17P/c1-3-9-12-11-8-6-5-7-10(11)4-2/h5-8,12H,3-4,9H2,1-2H3. The fourth-order valence-corrected chi connectivity index (χ4v) is 2.48. The van der Waals surface area contributed by atoms with Crippen LogP contribution in [0.5, 0.6) is 0 Å². The number of aryl methyl sites for hydroxylation is 1. The van der Waals surface area contributed by atoms with E-state index < -0.39 is 0 Å². The van der Waals surface area contributed by atoms with Crippen LogP contribution in [0.25, 0.3) is 0 Å². The fraction of sp³-hybridized carbons (Fsp3) is 0.455. The molecule has 12 heavy (non-hydrogen) atoms. The van der Waals surface area contributed by atoms with E-state index in [0.717, 1.165) is 8.58 Å². The minimum Gasteiger partial charge on any atom is -0.0901 e. The third-order valence-corrected chi connectivity index (χ3v) is 3.58. The first-order chi connectivity index (χ1) is 5.88. The van der Waals surface area contributed by atoms with Crippen molar-refractivity contribution in [3.05, 3.63) is 29.8 Å². The summed E-state index contributed by atoms with van der Waals surface area (Å²) >= 11 is 0. The topological polar surface area (TPSA) is 0 Å². The van der Waals surface area contributed by atoms with Gasteiger partial charge in [-0.15, -0.1) is 0 Å². The molecule has 0 amide bonds. The maximum Gasteiger partial charge on any atom is -0.0240 e. The van der Waals surface area contributed by atoms with Crippen molar-refractivity contribution in [3.63, 3.8) is 0 Å². The molecule has 0 heterocycles. The second kappa shape index (κ2) is 5.32. The minimum atomic E-state index is 1.01. The molecule has 0 nitrogen and oxygen atoms in total. The van der Waals surface area contributed by atoms with Crippen LogP contribution in [0, 0.1) is 0 Å². The van der Waals surface area contributed by atoms with Gasteiger partial charge in [0.1, 0.15) is 0 Å². The van der Waals surface area contributed by atoms with Gasteiger partial charge in [0.2, 0.25) is 0 Å². The zero-order chi connectivity index (χ0) is 8.81. The first kappa shape index (κ1) is 9.74. The van der Waals surface area contributed by atoms with Gasteiger partial charge in [-0.3, -0.25) is 0 Å². The van der Waals surface area contributed by atoms with Crippen LogP contribution in [0.4, 0.5) is 0 Å². The summed E-state index contributed by atoms with van der Waals surface area (Å²) in [5.41, 5.74) is 1.53. The van der Waals surface area contributed by atoms with Crippen LogP contribution in [0.3, 0.4) is 0 Å². The molecule has 0 aliphatic heterocycles. The molecule has 0 saturated carbocycles. The Morgan fingerprint density at radius 3 is 2.58 bits per heavy atom. The predicted octanol–water partition coefficient (Wildman–Crippen LogP) is 2.96. The van der Waals surface area contributed by atoms with E-state index in [1.165, 1.54) is 24.6 Å². The van der Waals surface area contributed by atoms with Gasteiger partial charge in [-0.05, 0) is 23.5 Å². The Kier molecular flexibility index (Phi) is 4.32. The highest BCUT2D eigenvalue weighted by Gasteiger charge is 1.97. The molecule has 0 saturated heterocycles. The SMILES string of the molecule is CCCPc1ccccc1CC. The Balaban J connectivity index is 2.68. The molecule has 66 valence electrons. The molecular weight excluding hydrogens is 163 g/mol. The highest BCUT2D eigenvalue weighted by molar-refractivity contribution is 7.47. The van der Waals surface area contributed by atoms with Crippen molar-refractivity contribution in [2.75, 3.05) is 6.16 Å². The third-order valence-electron chi connectivity index (χ3n) is 1.96. The molecule has 0 spiro atoms. The van der Waals surface area contributed by atoms with E-state index in [4.69, 9.17) is 0 Å². The van der Waals surface area contributed by atoms with E-state index in [9.17, 15) is 0 Å². The molecule has 1 rings (SSSR count). The van der Waals surface area contributed by atoms with Crippen molar-refractivity contribution in [2.24, 2.45) is 0 Å². The van der Waals surface area contributed by atoms with Crippen molar-refractivity contribution in [3.8, 4) is 0 Å². The van der Waals surface area contributed by atoms with Gasteiger partial charge in [-0.25, -0.2) is 0 Å². The van der Waals surface area contributed by atoms with E-state index >= 15 is 0 Å². The molecular formula is C11H17P. The molecule has 1 aromatic rings. The molecule has 0 radical (unpaired) electrons. The average molecular weight is 180 g/mol.